The first kappa shape index (κ1) is 16.7. The number of hydrogen-bond donors (Lipinski definition) is 1. The first-order valence-corrected chi connectivity index (χ1v) is 8.81. The molecular formula is C18H20N2O3S. The summed E-state index contributed by atoms with van der Waals surface area (Å²) < 4.78 is 5.43. The van der Waals surface area contributed by atoms with Gasteiger partial charge in [0.15, 0.2) is 0 Å². The van der Waals surface area contributed by atoms with Crippen molar-refractivity contribution in [2.75, 3.05) is 25.1 Å². The molecule has 1 aliphatic rings. The predicted octanol–water partition coefficient (Wildman–Crippen LogP) is 2.60. The van der Waals surface area contributed by atoms with Crippen molar-refractivity contribution in [3.8, 4) is 0 Å². The lowest BCUT2D eigenvalue weighted by atomic mass is 10.1. The molecule has 0 aliphatic carbocycles. The number of amides is 2. The number of anilines is 1. The topological polar surface area (TPSA) is 58.6 Å². The standard InChI is InChI=1S/C18H20N2O3S/c1-23-16(13-7-8-24-12-13)10-19-18(22)14-9-17(21)20(11-14)15-5-3-2-4-6-15/h2-8,12,14,16H,9-11H2,1H3,(H,19,22). The fourth-order valence-electron chi connectivity index (χ4n) is 2.87. The summed E-state index contributed by atoms with van der Waals surface area (Å²) >= 11 is 1.60. The van der Waals surface area contributed by atoms with E-state index < -0.39 is 0 Å². The van der Waals surface area contributed by atoms with E-state index in [-0.39, 0.29) is 30.3 Å². The number of carbonyl (C=O) groups is 2. The van der Waals surface area contributed by atoms with Crippen LogP contribution in [0.3, 0.4) is 0 Å². The fourth-order valence-corrected chi connectivity index (χ4v) is 3.58. The van der Waals surface area contributed by atoms with Crippen LogP contribution in [0.4, 0.5) is 5.69 Å². The molecule has 2 unspecified atom stereocenters. The molecule has 2 aromatic rings. The molecule has 1 saturated heterocycles. The first-order chi connectivity index (χ1) is 11.7. The predicted molar refractivity (Wildman–Crippen MR) is 94.0 cm³/mol. The van der Waals surface area contributed by atoms with Crippen molar-refractivity contribution in [3.63, 3.8) is 0 Å². The Labute approximate surface area is 145 Å². The molecule has 0 spiro atoms. The Hall–Kier alpha value is -2.18. The highest BCUT2D eigenvalue weighted by atomic mass is 32.1. The van der Waals surface area contributed by atoms with E-state index in [1.54, 1.807) is 23.3 Å². The van der Waals surface area contributed by atoms with E-state index in [9.17, 15) is 9.59 Å². The highest BCUT2D eigenvalue weighted by Crippen LogP contribution is 2.25. The number of methoxy groups -OCH3 is 1. The maximum atomic E-state index is 12.4. The summed E-state index contributed by atoms with van der Waals surface area (Å²) in [6, 6.07) is 11.4. The molecule has 1 aromatic carbocycles. The molecule has 126 valence electrons. The number of nitrogens with zero attached hydrogens (tertiary/aromatic N) is 1. The molecule has 1 aliphatic heterocycles. The number of ether oxygens (including phenoxy) is 1. The molecule has 1 fully saturated rings. The number of thiophene rings is 1. The molecule has 0 saturated carbocycles. The lowest BCUT2D eigenvalue weighted by Crippen LogP contribution is -2.35. The van der Waals surface area contributed by atoms with Gasteiger partial charge in [0.05, 0.1) is 5.92 Å². The first-order valence-electron chi connectivity index (χ1n) is 7.87. The molecule has 2 heterocycles. The largest absolute Gasteiger partial charge is 0.375 e. The summed E-state index contributed by atoms with van der Waals surface area (Å²) in [5.74, 6) is -0.431. The van der Waals surface area contributed by atoms with E-state index in [1.165, 1.54) is 0 Å². The van der Waals surface area contributed by atoms with Crippen molar-refractivity contribution >= 4 is 28.8 Å². The second-order valence-electron chi connectivity index (χ2n) is 5.77. The Balaban J connectivity index is 1.57. The summed E-state index contributed by atoms with van der Waals surface area (Å²) in [4.78, 5) is 26.3. The van der Waals surface area contributed by atoms with E-state index in [4.69, 9.17) is 4.74 Å². The van der Waals surface area contributed by atoms with Gasteiger partial charge in [0, 0.05) is 32.3 Å². The number of benzene rings is 1. The van der Waals surface area contributed by atoms with Gasteiger partial charge in [0.25, 0.3) is 0 Å². The number of para-hydroxylation sites is 1. The number of nitrogens with one attached hydrogen (secondary N) is 1. The Kier molecular flexibility index (Phi) is 5.27. The molecule has 2 amide bonds. The molecule has 2 atom stereocenters. The number of rotatable bonds is 6. The Morgan fingerprint density at radius 3 is 2.83 bits per heavy atom. The normalized spacial score (nSPS) is 18.6. The average molecular weight is 344 g/mol. The zero-order chi connectivity index (χ0) is 16.9. The maximum Gasteiger partial charge on any atom is 0.227 e. The van der Waals surface area contributed by atoms with Gasteiger partial charge >= 0.3 is 0 Å². The summed E-state index contributed by atoms with van der Waals surface area (Å²) in [5, 5.41) is 6.91. The van der Waals surface area contributed by atoms with Crippen molar-refractivity contribution in [1.82, 2.24) is 5.32 Å². The minimum atomic E-state index is -0.322. The van der Waals surface area contributed by atoms with Gasteiger partial charge in [0.2, 0.25) is 11.8 Å². The van der Waals surface area contributed by atoms with Crippen LogP contribution < -0.4 is 10.2 Å². The zero-order valence-corrected chi connectivity index (χ0v) is 14.3. The minimum Gasteiger partial charge on any atom is -0.375 e. The lowest BCUT2D eigenvalue weighted by Gasteiger charge is -2.18. The molecule has 0 radical (unpaired) electrons. The van der Waals surface area contributed by atoms with Gasteiger partial charge < -0.3 is 15.0 Å². The summed E-state index contributed by atoms with van der Waals surface area (Å²) in [6.45, 7) is 0.826. The lowest BCUT2D eigenvalue weighted by molar-refractivity contribution is -0.126. The van der Waals surface area contributed by atoms with Crippen LogP contribution in [0.5, 0.6) is 0 Å². The highest BCUT2D eigenvalue weighted by molar-refractivity contribution is 7.07. The van der Waals surface area contributed by atoms with Gasteiger partial charge in [-0.15, -0.1) is 0 Å². The van der Waals surface area contributed by atoms with Crippen LogP contribution >= 0.6 is 11.3 Å². The molecule has 24 heavy (non-hydrogen) atoms. The van der Waals surface area contributed by atoms with Crippen LogP contribution in [0.1, 0.15) is 18.1 Å². The molecule has 3 rings (SSSR count). The summed E-state index contributed by atoms with van der Waals surface area (Å²) in [6.07, 6.45) is 0.0825. The number of carbonyl (C=O) groups excluding carboxylic acids is 2. The van der Waals surface area contributed by atoms with Crippen molar-refractivity contribution in [2.24, 2.45) is 5.92 Å². The maximum absolute atomic E-state index is 12.4. The highest BCUT2D eigenvalue weighted by Gasteiger charge is 2.35. The van der Waals surface area contributed by atoms with Gasteiger partial charge in [-0.25, -0.2) is 0 Å². The second-order valence-corrected chi connectivity index (χ2v) is 6.55. The van der Waals surface area contributed by atoms with E-state index in [0.717, 1.165) is 11.3 Å². The van der Waals surface area contributed by atoms with Crippen LogP contribution in [0.15, 0.2) is 47.2 Å². The molecule has 1 aromatic heterocycles. The van der Waals surface area contributed by atoms with Crippen molar-refractivity contribution < 1.29 is 14.3 Å². The Morgan fingerprint density at radius 1 is 1.38 bits per heavy atom. The van der Waals surface area contributed by atoms with Gasteiger partial charge in [0.1, 0.15) is 6.10 Å². The van der Waals surface area contributed by atoms with Crippen LogP contribution in [0.25, 0.3) is 0 Å². The van der Waals surface area contributed by atoms with Crippen LogP contribution in [-0.4, -0.2) is 32.0 Å². The second kappa shape index (κ2) is 7.59. The van der Waals surface area contributed by atoms with Crippen LogP contribution in [0, 0.1) is 5.92 Å². The fraction of sp³-hybridized carbons (Fsp3) is 0.333. The smallest absolute Gasteiger partial charge is 0.227 e. The van der Waals surface area contributed by atoms with Gasteiger partial charge in [-0.3, -0.25) is 9.59 Å². The average Bonchev–Trinajstić information content (AvgIpc) is 3.26. The minimum absolute atomic E-state index is 0.0116. The summed E-state index contributed by atoms with van der Waals surface area (Å²) in [5.41, 5.74) is 1.89. The van der Waals surface area contributed by atoms with Crippen LogP contribution in [0.2, 0.25) is 0 Å². The van der Waals surface area contributed by atoms with Gasteiger partial charge in [-0.1, -0.05) is 18.2 Å². The monoisotopic (exact) mass is 344 g/mol. The van der Waals surface area contributed by atoms with Crippen molar-refractivity contribution in [1.29, 1.82) is 0 Å². The zero-order valence-electron chi connectivity index (χ0n) is 13.5. The van der Waals surface area contributed by atoms with E-state index >= 15 is 0 Å². The molecule has 6 heteroatoms. The summed E-state index contributed by atoms with van der Waals surface area (Å²) in [7, 11) is 1.63. The molecular weight excluding hydrogens is 324 g/mol. The Morgan fingerprint density at radius 2 is 2.17 bits per heavy atom. The third-order valence-corrected chi connectivity index (χ3v) is 4.93. The van der Waals surface area contributed by atoms with Crippen molar-refractivity contribution in [3.05, 3.63) is 52.7 Å². The number of hydrogen-bond acceptors (Lipinski definition) is 4. The third-order valence-electron chi connectivity index (χ3n) is 4.22. The molecule has 0 bridgehead atoms. The quantitative estimate of drug-likeness (QED) is 0.876. The van der Waals surface area contributed by atoms with Crippen molar-refractivity contribution in [2.45, 2.75) is 12.5 Å². The van der Waals surface area contributed by atoms with Gasteiger partial charge in [-0.2, -0.15) is 11.3 Å². The molecule has 1 N–H and O–H groups in total. The third kappa shape index (κ3) is 3.66. The van der Waals surface area contributed by atoms with E-state index in [2.05, 4.69) is 5.32 Å². The SMILES string of the molecule is COC(CNC(=O)C1CC(=O)N(c2ccccc2)C1)c1ccsc1. The van der Waals surface area contributed by atoms with Gasteiger partial charge in [-0.05, 0) is 34.5 Å². The Bertz CT molecular complexity index is 688. The van der Waals surface area contributed by atoms with Crippen LogP contribution in [-0.2, 0) is 14.3 Å². The van der Waals surface area contributed by atoms with E-state index in [0.29, 0.717) is 13.1 Å². The molecule has 5 nitrogen and oxygen atoms in total. The van der Waals surface area contributed by atoms with E-state index in [1.807, 2.05) is 47.2 Å².